The summed E-state index contributed by atoms with van der Waals surface area (Å²) in [5, 5.41) is 11.4. The summed E-state index contributed by atoms with van der Waals surface area (Å²) in [6.45, 7) is 5.34. The first-order valence-corrected chi connectivity index (χ1v) is 10.3. The number of carbonyl (C=O) groups excluding carboxylic acids is 3. The standard InChI is InChI=1S/C22H30O8/c1-4-22(26)16(12-19(23)27-5-2)17(13-20(24)28-6-3)30-18(22)14-29-21(25)15-10-8-7-9-11-15/h7-11,16-18,26H,4-6,12-14H2,1-3H3/t16-,17?,18-,22-/m1/s1. The monoisotopic (exact) mass is 422 g/mol. The van der Waals surface area contributed by atoms with Gasteiger partial charge in [0.05, 0.1) is 43.3 Å². The van der Waals surface area contributed by atoms with Crippen LogP contribution in [-0.4, -0.2) is 60.6 Å². The first-order chi connectivity index (χ1) is 14.3. The molecule has 1 N–H and O–H groups in total. The summed E-state index contributed by atoms with van der Waals surface area (Å²) in [5.41, 5.74) is -1.09. The Balaban J connectivity index is 2.16. The van der Waals surface area contributed by atoms with E-state index in [2.05, 4.69) is 0 Å². The van der Waals surface area contributed by atoms with Crippen molar-refractivity contribution in [2.75, 3.05) is 19.8 Å². The van der Waals surface area contributed by atoms with E-state index in [1.54, 1.807) is 51.1 Å². The summed E-state index contributed by atoms with van der Waals surface area (Å²) in [4.78, 5) is 36.4. The maximum absolute atomic E-state index is 12.3. The van der Waals surface area contributed by atoms with Gasteiger partial charge in [-0.2, -0.15) is 0 Å². The van der Waals surface area contributed by atoms with E-state index in [-0.39, 0.29) is 39.1 Å². The molecule has 1 unspecified atom stereocenters. The summed E-state index contributed by atoms with van der Waals surface area (Å²) in [6, 6.07) is 8.46. The molecule has 0 bridgehead atoms. The minimum Gasteiger partial charge on any atom is -0.466 e. The lowest BCUT2D eigenvalue weighted by Gasteiger charge is -2.32. The van der Waals surface area contributed by atoms with Gasteiger partial charge in [0.1, 0.15) is 12.7 Å². The lowest BCUT2D eigenvalue weighted by atomic mass is 9.78. The van der Waals surface area contributed by atoms with Crippen LogP contribution in [0.15, 0.2) is 30.3 Å². The van der Waals surface area contributed by atoms with Gasteiger partial charge in [0, 0.05) is 5.92 Å². The van der Waals surface area contributed by atoms with Crippen LogP contribution in [0.4, 0.5) is 0 Å². The van der Waals surface area contributed by atoms with Gasteiger partial charge in [0.15, 0.2) is 0 Å². The second kappa shape index (κ2) is 11.1. The van der Waals surface area contributed by atoms with Crippen LogP contribution >= 0.6 is 0 Å². The van der Waals surface area contributed by atoms with Crippen molar-refractivity contribution in [1.29, 1.82) is 0 Å². The topological polar surface area (TPSA) is 108 Å². The molecule has 166 valence electrons. The maximum Gasteiger partial charge on any atom is 0.338 e. The molecule has 1 aliphatic heterocycles. The third-order valence-corrected chi connectivity index (χ3v) is 5.29. The minimum atomic E-state index is -1.47. The summed E-state index contributed by atoms with van der Waals surface area (Å²) in [6.07, 6.45) is -1.66. The fourth-order valence-electron chi connectivity index (χ4n) is 3.75. The molecule has 0 saturated carbocycles. The Labute approximate surface area is 176 Å². The largest absolute Gasteiger partial charge is 0.466 e. The molecule has 0 spiro atoms. The zero-order valence-corrected chi connectivity index (χ0v) is 17.7. The van der Waals surface area contributed by atoms with Crippen LogP contribution < -0.4 is 0 Å². The highest BCUT2D eigenvalue weighted by Gasteiger charge is 2.56. The molecule has 0 aliphatic carbocycles. The Morgan fingerprint density at radius 2 is 1.57 bits per heavy atom. The highest BCUT2D eigenvalue weighted by molar-refractivity contribution is 5.89. The Morgan fingerprint density at radius 3 is 2.13 bits per heavy atom. The predicted molar refractivity (Wildman–Crippen MR) is 107 cm³/mol. The molecule has 8 nitrogen and oxygen atoms in total. The van der Waals surface area contributed by atoms with Gasteiger partial charge in [-0.25, -0.2) is 4.79 Å². The smallest absolute Gasteiger partial charge is 0.338 e. The molecule has 0 amide bonds. The van der Waals surface area contributed by atoms with Crippen LogP contribution in [0, 0.1) is 5.92 Å². The van der Waals surface area contributed by atoms with Gasteiger partial charge in [-0.3, -0.25) is 9.59 Å². The SMILES string of the molecule is CCOC(=O)CC1O[C@H](COC(=O)c2ccccc2)[C@@](O)(CC)[C@@H]1CC(=O)OCC. The van der Waals surface area contributed by atoms with Crippen LogP contribution in [0.25, 0.3) is 0 Å². The Bertz CT molecular complexity index is 719. The van der Waals surface area contributed by atoms with Crippen LogP contribution in [-0.2, 0) is 28.5 Å². The van der Waals surface area contributed by atoms with Gasteiger partial charge in [0.25, 0.3) is 0 Å². The number of hydrogen-bond donors (Lipinski definition) is 1. The van der Waals surface area contributed by atoms with E-state index in [0.717, 1.165) is 0 Å². The number of esters is 3. The molecule has 8 heteroatoms. The molecule has 4 atom stereocenters. The van der Waals surface area contributed by atoms with Crippen LogP contribution in [0.3, 0.4) is 0 Å². The van der Waals surface area contributed by atoms with E-state index in [9.17, 15) is 19.5 Å². The van der Waals surface area contributed by atoms with Crippen molar-refractivity contribution in [1.82, 2.24) is 0 Å². The van der Waals surface area contributed by atoms with Crippen molar-refractivity contribution in [3.63, 3.8) is 0 Å². The molecule has 2 rings (SSSR count). The second-order valence-corrected chi connectivity index (χ2v) is 7.10. The number of benzene rings is 1. The molecule has 1 aromatic carbocycles. The van der Waals surface area contributed by atoms with E-state index in [4.69, 9.17) is 18.9 Å². The summed E-state index contributed by atoms with van der Waals surface area (Å²) < 4.78 is 21.3. The Hall–Kier alpha value is -2.45. The van der Waals surface area contributed by atoms with Gasteiger partial charge in [-0.05, 0) is 32.4 Å². The number of ether oxygens (including phenoxy) is 4. The van der Waals surface area contributed by atoms with E-state index in [0.29, 0.717) is 5.56 Å². The summed E-state index contributed by atoms with van der Waals surface area (Å²) >= 11 is 0. The van der Waals surface area contributed by atoms with E-state index < -0.39 is 41.6 Å². The van der Waals surface area contributed by atoms with Crippen LogP contribution in [0.1, 0.15) is 50.4 Å². The number of carbonyl (C=O) groups is 3. The van der Waals surface area contributed by atoms with E-state index in [1.807, 2.05) is 0 Å². The minimum absolute atomic E-state index is 0.120. The zero-order valence-electron chi connectivity index (χ0n) is 17.7. The molecule has 0 aromatic heterocycles. The highest BCUT2D eigenvalue weighted by Crippen LogP contribution is 2.42. The average Bonchev–Trinajstić information content (AvgIpc) is 2.98. The molecule has 30 heavy (non-hydrogen) atoms. The fourth-order valence-corrected chi connectivity index (χ4v) is 3.75. The van der Waals surface area contributed by atoms with E-state index in [1.165, 1.54) is 0 Å². The zero-order chi connectivity index (χ0) is 22.1. The molecule has 1 aromatic rings. The fraction of sp³-hybridized carbons (Fsp3) is 0.591. The lowest BCUT2D eigenvalue weighted by molar-refractivity contribution is -0.150. The summed E-state index contributed by atoms with van der Waals surface area (Å²) in [5.74, 6) is -2.23. The van der Waals surface area contributed by atoms with Gasteiger partial charge < -0.3 is 24.1 Å². The highest BCUT2D eigenvalue weighted by atomic mass is 16.6. The molecule has 1 aliphatic rings. The maximum atomic E-state index is 12.3. The molecule has 1 saturated heterocycles. The molecular weight excluding hydrogens is 392 g/mol. The molecule has 1 heterocycles. The molecule has 0 radical (unpaired) electrons. The third-order valence-electron chi connectivity index (χ3n) is 5.29. The molecular formula is C22H30O8. The van der Waals surface area contributed by atoms with Crippen molar-refractivity contribution in [3.8, 4) is 0 Å². The van der Waals surface area contributed by atoms with Crippen LogP contribution in [0.2, 0.25) is 0 Å². The molecule has 1 fully saturated rings. The third kappa shape index (κ3) is 5.79. The lowest BCUT2D eigenvalue weighted by Crippen LogP contribution is -2.47. The van der Waals surface area contributed by atoms with Crippen molar-refractivity contribution in [2.45, 2.75) is 57.8 Å². The summed E-state index contributed by atoms with van der Waals surface area (Å²) in [7, 11) is 0. The Kier molecular flexibility index (Phi) is 8.80. The number of hydrogen-bond acceptors (Lipinski definition) is 8. The van der Waals surface area contributed by atoms with Crippen molar-refractivity contribution < 1.29 is 38.4 Å². The van der Waals surface area contributed by atoms with Crippen LogP contribution in [0.5, 0.6) is 0 Å². The number of aliphatic hydroxyl groups is 1. The van der Waals surface area contributed by atoms with Gasteiger partial charge in [-0.15, -0.1) is 0 Å². The Morgan fingerprint density at radius 1 is 0.967 bits per heavy atom. The van der Waals surface area contributed by atoms with Gasteiger partial charge in [-0.1, -0.05) is 25.1 Å². The first kappa shape index (κ1) is 23.8. The predicted octanol–water partition coefficient (Wildman–Crippen LogP) is 2.27. The quantitative estimate of drug-likeness (QED) is 0.452. The van der Waals surface area contributed by atoms with Crippen molar-refractivity contribution in [2.24, 2.45) is 5.92 Å². The number of rotatable bonds is 10. The average molecular weight is 422 g/mol. The van der Waals surface area contributed by atoms with Gasteiger partial charge in [0.2, 0.25) is 0 Å². The van der Waals surface area contributed by atoms with Gasteiger partial charge >= 0.3 is 17.9 Å². The normalized spacial score (nSPS) is 25.5. The second-order valence-electron chi connectivity index (χ2n) is 7.10. The van der Waals surface area contributed by atoms with Crippen molar-refractivity contribution >= 4 is 17.9 Å². The van der Waals surface area contributed by atoms with E-state index >= 15 is 0 Å². The van der Waals surface area contributed by atoms with Crippen molar-refractivity contribution in [3.05, 3.63) is 35.9 Å². The first-order valence-electron chi connectivity index (χ1n) is 10.3.